The fraction of sp³-hybridized carbons (Fsp3) is 0.481. The maximum Gasteiger partial charge on any atom is 0.255 e. The van der Waals surface area contributed by atoms with Gasteiger partial charge >= 0.3 is 0 Å². The molecule has 3 aromatic rings. The van der Waals surface area contributed by atoms with Crippen molar-refractivity contribution >= 4 is 28.7 Å². The normalized spacial score (nSPS) is 20.9. The van der Waals surface area contributed by atoms with Gasteiger partial charge in [-0.25, -0.2) is 9.97 Å². The molecule has 5 rings (SSSR count). The second kappa shape index (κ2) is 10.3. The lowest BCUT2D eigenvalue weighted by Crippen LogP contribution is -2.58. The minimum Gasteiger partial charge on any atom is -0.352 e. The van der Waals surface area contributed by atoms with Crippen LogP contribution in [0, 0.1) is 0 Å². The first-order chi connectivity index (χ1) is 16.8. The summed E-state index contributed by atoms with van der Waals surface area (Å²) in [5.41, 5.74) is 3.08. The van der Waals surface area contributed by atoms with Crippen molar-refractivity contribution in [2.75, 3.05) is 51.2 Å². The number of nitrogens with one attached hydrogen (secondary N) is 1. The highest BCUT2D eigenvalue weighted by molar-refractivity contribution is 6.00. The average Bonchev–Trinajstić information content (AvgIpc) is 3.27. The van der Waals surface area contributed by atoms with Crippen molar-refractivity contribution in [2.45, 2.75) is 40.3 Å². The number of H-pyrrole nitrogens is 1. The topological polar surface area (TPSA) is 88.7 Å². The first-order valence-corrected chi connectivity index (χ1v) is 12.3. The smallest absolute Gasteiger partial charge is 0.255 e. The molecule has 0 aromatic carbocycles. The van der Waals surface area contributed by atoms with Crippen LogP contribution in [0.25, 0.3) is 22.3 Å². The molecule has 0 bridgehead atoms. The number of hydrogen-bond donors (Lipinski definition) is 1. The van der Waals surface area contributed by atoms with E-state index in [9.17, 15) is 9.59 Å². The van der Waals surface area contributed by atoms with E-state index in [-0.39, 0.29) is 31.3 Å². The Morgan fingerprint density at radius 1 is 1.06 bits per heavy atom. The van der Waals surface area contributed by atoms with E-state index in [1.807, 2.05) is 40.3 Å². The van der Waals surface area contributed by atoms with Gasteiger partial charge in [-0.15, -0.1) is 0 Å². The molecule has 2 aliphatic rings. The third-order valence-electron chi connectivity index (χ3n) is 7.19. The van der Waals surface area contributed by atoms with E-state index in [1.165, 1.54) is 0 Å². The second-order valence-electron chi connectivity index (χ2n) is 9.83. The molecule has 192 valence electrons. The molecule has 0 saturated carbocycles. The number of nitrogens with zero attached hydrogens (tertiary/aromatic N) is 6. The molecular weight excluding hydrogens is 454 g/mol. The highest BCUT2D eigenvalue weighted by Crippen LogP contribution is 2.30. The highest BCUT2D eigenvalue weighted by atomic mass is 16.2. The van der Waals surface area contributed by atoms with Crippen LogP contribution in [0.1, 0.15) is 38.6 Å². The predicted octanol–water partition coefficient (Wildman–Crippen LogP) is 3.09. The van der Waals surface area contributed by atoms with Gasteiger partial charge in [-0.3, -0.25) is 9.59 Å². The fourth-order valence-electron chi connectivity index (χ4n) is 5.40. The molecule has 2 fully saturated rings. The summed E-state index contributed by atoms with van der Waals surface area (Å²) in [4.78, 5) is 46.2. The van der Waals surface area contributed by atoms with Crippen LogP contribution in [0.15, 0.2) is 36.7 Å². The zero-order valence-corrected chi connectivity index (χ0v) is 20.9. The molecule has 1 N–H and O–H groups in total. The van der Waals surface area contributed by atoms with Crippen molar-refractivity contribution in [3.63, 3.8) is 0 Å². The number of likely N-dealkylation sites (N-methyl/N-ethyl adjacent to an activating group) is 1. The minimum atomic E-state index is 0. The number of piperazine rings is 2. The number of fused-ring (bicyclic) bond motifs is 1. The molecule has 2 aliphatic heterocycles. The van der Waals surface area contributed by atoms with Gasteiger partial charge in [0.2, 0.25) is 5.91 Å². The number of amides is 2. The molecular formula is C27H37N7O2. The zero-order chi connectivity index (χ0) is 24.7. The second-order valence-corrected chi connectivity index (χ2v) is 9.83. The molecule has 0 spiro atoms. The Bertz CT molecular complexity index is 1240. The van der Waals surface area contributed by atoms with Crippen molar-refractivity contribution in [2.24, 2.45) is 0 Å². The quantitative estimate of drug-likeness (QED) is 0.606. The van der Waals surface area contributed by atoms with Crippen LogP contribution in [-0.2, 0) is 4.79 Å². The summed E-state index contributed by atoms with van der Waals surface area (Å²) in [6, 6.07) is 8.17. The Balaban J connectivity index is 0.00000304. The van der Waals surface area contributed by atoms with Gasteiger partial charge in [-0.05, 0) is 39.1 Å². The number of hydrogen-bond acceptors (Lipinski definition) is 6. The highest BCUT2D eigenvalue weighted by Gasteiger charge is 2.31. The van der Waals surface area contributed by atoms with Crippen molar-refractivity contribution < 1.29 is 9.59 Å². The number of carbonyl (C=O) groups excluding carboxylic acids is 2. The van der Waals surface area contributed by atoms with Gasteiger partial charge in [0.1, 0.15) is 11.5 Å². The van der Waals surface area contributed by atoms with Crippen molar-refractivity contribution in [3.05, 3.63) is 42.2 Å². The molecule has 5 heterocycles. The first-order valence-electron chi connectivity index (χ1n) is 12.3. The van der Waals surface area contributed by atoms with Crippen LogP contribution in [0.5, 0.6) is 0 Å². The minimum absolute atomic E-state index is 0. The molecule has 2 amide bonds. The number of aromatic nitrogens is 3. The maximum atomic E-state index is 13.1. The standard InChI is InChI=1S/C26H33N7O2.CH4/c1-17-15-32(16-18(2)33(17)19(3)34)24-7-5-6-23(29-24)22-14-28-25-21(22)12-20(13-27-25)26(35)31-10-8-30(4)9-11-31;/h5-7,12-14,17-18H,8-11,15-16H2,1-4H3,(H,27,28);1H4/t17-,18+;. The van der Waals surface area contributed by atoms with E-state index in [1.54, 1.807) is 13.1 Å². The first kappa shape index (κ1) is 25.6. The van der Waals surface area contributed by atoms with Crippen LogP contribution in [0.3, 0.4) is 0 Å². The summed E-state index contributed by atoms with van der Waals surface area (Å²) < 4.78 is 0. The third-order valence-corrected chi connectivity index (χ3v) is 7.19. The molecule has 9 heteroatoms. The number of pyridine rings is 2. The van der Waals surface area contributed by atoms with E-state index in [4.69, 9.17) is 4.98 Å². The summed E-state index contributed by atoms with van der Waals surface area (Å²) in [6.07, 6.45) is 3.57. The number of anilines is 1. The van der Waals surface area contributed by atoms with Gasteiger partial charge in [0.15, 0.2) is 0 Å². The summed E-state index contributed by atoms with van der Waals surface area (Å²) in [7, 11) is 2.08. The van der Waals surface area contributed by atoms with Crippen molar-refractivity contribution in [1.29, 1.82) is 0 Å². The molecule has 9 nitrogen and oxygen atoms in total. The summed E-state index contributed by atoms with van der Waals surface area (Å²) >= 11 is 0. The van der Waals surface area contributed by atoms with Gasteiger partial charge in [-0.2, -0.15) is 0 Å². The van der Waals surface area contributed by atoms with Crippen LogP contribution in [0.2, 0.25) is 0 Å². The Morgan fingerprint density at radius 3 is 2.42 bits per heavy atom. The van der Waals surface area contributed by atoms with E-state index in [2.05, 4.69) is 40.7 Å². The van der Waals surface area contributed by atoms with Crippen LogP contribution < -0.4 is 4.90 Å². The van der Waals surface area contributed by atoms with Gasteiger partial charge in [-0.1, -0.05) is 13.5 Å². The van der Waals surface area contributed by atoms with Crippen LogP contribution in [-0.4, -0.2) is 99.9 Å². The van der Waals surface area contributed by atoms with E-state index < -0.39 is 0 Å². The SMILES string of the molecule is C.CC(=O)N1[C@H](C)CN(c2cccc(-c3c[nH]c4ncc(C(=O)N5CCN(C)CC5)cc34)n2)C[C@@H]1C. The summed E-state index contributed by atoms with van der Waals surface area (Å²) in [5, 5.41) is 0.887. The van der Waals surface area contributed by atoms with Crippen molar-refractivity contribution in [1.82, 2.24) is 29.7 Å². The van der Waals surface area contributed by atoms with Crippen molar-refractivity contribution in [3.8, 4) is 11.3 Å². The van der Waals surface area contributed by atoms with Crippen LogP contribution >= 0.6 is 0 Å². The van der Waals surface area contributed by atoms with E-state index in [0.29, 0.717) is 5.56 Å². The lowest BCUT2D eigenvalue weighted by Gasteiger charge is -2.44. The van der Waals surface area contributed by atoms with Crippen LogP contribution in [0.4, 0.5) is 5.82 Å². The Kier molecular flexibility index (Phi) is 7.31. The summed E-state index contributed by atoms with van der Waals surface area (Å²) in [6.45, 7) is 10.5. The largest absolute Gasteiger partial charge is 0.352 e. The fourth-order valence-corrected chi connectivity index (χ4v) is 5.40. The Labute approximate surface area is 213 Å². The number of carbonyl (C=O) groups is 2. The molecule has 36 heavy (non-hydrogen) atoms. The average molecular weight is 492 g/mol. The third kappa shape index (κ3) is 4.80. The molecule has 0 aliphatic carbocycles. The summed E-state index contributed by atoms with van der Waals surface area (Å²) in [5.74, 6) is 1.02. The molecule has 2 saturated heterocycles. The van der Waals surface area contributed by atoms with Gasteiger partial charge < -0.3 is 24.6 Å². The monoisotopic (exact) mass is 491 g/mol. The number of rotatable bonds is 3. The predicted molar refractivity (Wildman–Crippen MR) is 143 cm³/mol. The van der Waals surface area contributed by atoms with Gasteiger partial charge in [0.25, 0.3) is 5.91 Å². The number of aromatic amines is 1. The lowest BCUT2D eigenvalue weighted by molar-refractivity contribution is -0.133. The zero-order valence-electron chi connectivity index (χ0n) is 20.9. The van der Waals surface area contributed by atoms with Gasteiger partial charge in [0.05, 0.1) is 11.3 Å². The van der Waals surface area contributed by atoms with E-state index >= 15 is 0 Å². The molecule has 2 atom stereocenters. The maximum absolute atomic E-state index is 13.1. The van der Waals surface area contributed by atoms with E-state index in [0.717, 1.165) is 67.4 Å². The lowest BCUT2D eigenvalue weighted by atomic mass is 10.1. The molecule has 3 aromatic heterocycles. The molecule has 0 radical (unpaired) electrons. The Hall–Kier alpha value is -3.46. The molecule has 0 unspecified atom stereocenters. The Morgan fingerprint density at radius 2 is 1.75 bits per heavy atom. The van der Waals surface area contributed by atoms with Gasteiger partial charge in [0, 0.05) is 81.6 Å².